The van der Waals surface area contributed by atoms with E-state index in [1.807, 2.05) is 80.6 Å². The summed E-state index contributed by atoms with van der Waals surface area (Å²) < 4.78 is 7.49. The van der Waals surface area contributed by atoms with Crippen LogP contribution in [0.5, 0.6) is 5.75 Å². The zero-order valence-corrected chi connectivity index (χ0v) is 21.9. The van der Waals surface area contributed by atoms with E-state index in [2.05, 4.69) is 9.97 Å². The quantitative estimate of drug-likeness (QED) is 0.246. The van der Waals surface area contributed by atoms with Crippen LogP contribution in [0.4, 0.5) is 0 Å². The van der Waals surface area contributed by atoms with E-state index in [1.165, 1.54) is 0 Å². The summed E-state index contributed by atoms with van der Waals surface area (Å²) in [6.07, 6.45) is 3.43. The standard InChI is InChI=1S/C32H25N5O3/c1-20(2)40-27-14-9-22(10-15-27)21-3-5-23(6-4-21)31-35-30(25-11-16-28-29(19-25)34-18-17-33-28)36-37(31)26-12-7-24(8-13-26)32(38)39/h3-20H,1-2H3,(H,38,39). The molecule has 0 aliphatic rings. The summed E-state index contributed by atoms with van der Waals surface area (Å²) in [6, 6.07) is 28.4. The van der Waals surface area contributed by atoms with Gasteiger partial charge in [-0.1, -0.05) is 36.4 Å². The Morgan fingerprint density at radius 2 is 1.35 bits per heavy atom. The van der Waals surface area contributed by atoms with Crippen LogP contribution in [0, 0.1) is 0 Å². The molecule has 4 aromatic carbocycles. The number of carboxylic acids is 1. The van der Waals surface area contributed by atoms with Crippen molar-refractivity contribution in [2.75, 3.05) is 0 Å². The van der Waals surface area contributed by atoms with E-state index in [0.717, 1.165) is 39.0 Å². The second kappa shape index (κ2) is 10.4. The van der Waals surface area contributed by atoms with E-state index >= 15 is 0 Å². The molecule has 196 valence electrons. The van der Waals surface area contributed by atoms with Gasteiger partial charge in [0.15, 0.2) is 11.6 Å². The maximum absolute atomic E-state index is 11.4. The van der Waals surface area contributed by atoms with Gasteiger partial charge >= 0.3 is 5.97 Å². The number of ether oxygens (including phenoxy) is 1. The van der Waals surface area contributed by atoms with Crippen LogP contribution in [0.3, 0.4) is 0 Å². The molecule has 0 aliphatic heterocycles. The predicted molar refractivity (Wildman–Crippen MR) is 153 cm³/mol. The first-order valence-corrected chi connectivity index (χ1v) is 12.8. The van der Waals surface area contributed by atoms with E-state index in [-0.39, 0.29) is 11.7 Å². The Bertz CT molecular complexity index is 1810. The molecule has 6 aromatic rings. The molecule has 0 unspecified atom stereocenters. The molecular weight excluding hydrogens is 502 g/mol. The van der Waals surface area contributed by atoms with Gasteiger partial charge in [0.25, 0.3) is 0 Å². The summed E-state index contributed by atoms with van der Waals surface area (Å²) in [5, 5.41) is 14.2. The minimum atomic E-state index is -0.984. The third-order valence-electron chi connectivity index (χ3n) is 6.40. The lowest BCUT2D eigenvalue weighted by Gasteiger charge is -2.10. The molecule has 8 nitrogen and oxygen atoms in total. The summed E-state index contributed by atoms with van der Waals surface area (Å²) in [7, 11) is 0. The lowest BCUT2D eigenvalue weighted by Crippen LogP contribution is -2.05. The van der Waals surface area contributed by atoms with E-state index < -0.39 is 5.97 Å². The van der Waals surface area contributed by atoms with E-state index in [1.54, 1.807) is 41.3 Å². The highest BCUT2D eigenvalue weighted by molar-refractivity contribution is 5.87. The lowest BCUT2D eigenvalue weighted by atomic mass is 10.0. The summed E-state index contributed by atoms with van der Waals surface area (Å²) in [5.74, 6) is 1.01. The monoisotopic (exact) mass is 527 g/mol. The van der Waals surface area contributed by atoms with Crippen molar-refractivity contribution < 1.29 is 14.6 Å². The predicted octanol–water partition coefficient (Wildman–Crippen LogP) is 6.70. The zero-order chi connectivity index (χ0) is 27.6. The van der Waals surface area contributed by atoms with Crippen LogP contribution in [-0.4, -0.2) is 41.9 Å². The van der Waals surface area contributed by atoms with Crippen LogP contribution in [0.15, 0.2) is 103 Å². The first-order valence-electron chi connectivity index (χ1n) is 12.8. The number of hydrogen-bond acceptors (Lipinski definition) is 6. The number of nitrogens with zero attached hydrogens (tertiary/aromatic N) is 5. The number of fused-ring (bicyclic) bond motifs is 1. The molecule has 0 amide bonds. The van der Waals surface area contributed by atoms with Gasteiger partial charge in [-0.2, -0.15) is 0 Å². The van der Waals surface area contributed by atoms with E-state index in [9.17, 15) is 9.90 Å². The normalized spacial score (nSPS) is 11.2. The van der Waals surface area contributed by atoms with Crippen LogP contribution >= 0.6 is 0 Å². The summed E-state index contributed by atoms with van der Waals surface area (Å²) >= 11 is 0. The Hall–Kier alpha value is -5.37. The average molecular weight is 528 g/mol. The van der Waals surface area contributed by atoms with E-state index in [0.29, 0.717) is 17.3 Å². The van der Waals surface area contributed by atoms with Crippen LogP contribution in [0.1, 0.15) is 24.2 Å². The summed E-state index contributed by atoms with van der Waals surface area (Å²) in [5.41, 5.74) is 6.24. The number of hydrogen-bond donors (Lipinski definition) is 1. The highest BCUT2D eigenvalue weighted by atomic mass is 16.5. The third-order valence-corrected chi connectivity index (χ3v) is 6.40. The van der Waals surface area contributed by atoms with Gasteiger partial charge < -0.3 is 9.84 Å². The van der Waals surface area contributed by atoms with Gasteiger partial charge in [-0.05, 0) is 79.6 Å². The highest BCUT2D eigenvalue weighted by Crippen LogP contribution is 2.29. The van der Waals surface area contributed by atoms with Gasteiger partial charge in [0.1, 0.15) is 5.75 Å². The Balaban J connectivity index is 1.39. The number of rotatable bonds is 7. The topological polar surface area (TPSA) is 103 Å². The van der Waals surface area contributed by atoms with Crippen molar-refractivity contribution in [3.8, 4) is 45.3 Å². The van der Waals surface area contributed by atoms with Crippen LogP contribution in [0.25, 0.3) is 50.6 Å². The molecular formula is C32H25N5O3. The number of benzene rings is 4. The SMILES string of the molecule is CC(C)Oc1ccc(-c2ccc(-c3nc(-c4ccc5nccnc5c4)nn3-c3ccc(C(=O)O)cc3)cc2)cc1. The van der Waals surface area contributed by atoms with Gasteiger partial charge in [-0.25, -0.2) is 14.5 Å². The van der Waals surface area contributed by atoms with Crippen LogP contribution < -0.4 is 4.74 Å². The van der Waals surface area contributed by atoms with Gasteiger partial charge in [0, 0.05) is 23.5 Å². The molecule has 0 radical (unpaired) electrons. The van der Waals surface area contributed by atoms with Crippen LogP contribution in [0.2, 0.25) is 0 Å². The Morgan fingerprint density at radius 1 is 0.750 bits per heavy atom. The highest BCUT2D eigenvalue weighted by Gasteiger charge is 2.17. The Kier molecular flexibility index (Phi) is 6.49. The maximum Gasteiger partial charge on any atom is 0.335 e. The van der Waals surface area contributed by atoms with Crippen molar-refractivity contribution >= 4 is 17.0 Å². The minimum Gasteiger partial charge on any atom is -0.491 e. The van der Waals surface area contributed by atoms with Crippen molar-refractivity contribution in [3.63, 3.8) is 0 Å². The lowest BCUT2D eigenvalue weighted by molar-refractivity contribution is 0.0697. The fourth-order valence-electron chi connectivity index (χ4n) is 4.46. The second-order valence-corrected chi connectivity index (χ2v) is 9.55. The van der Waals surface area contributed by atoms with E-state index in [4.69, 9.17) is 14.8 Å². The summed E-state index contributed by atoms with van der Waals surface area (Å²) in [6.45, 7) is 4.01. The molecule has 6 rings (SSSR count). The molecule has 8 heteroatoms. The zero-order valence-electron chi connectivity index (χ0n) is 21.9. The molecule has 2 heterocycles. The van der Waals surface area contributed by atoms with Crippen molar-refractivity contribution in [1.29, 1.82) is 0 Å². The van der Waals surface area contributed by atoms with Crippen LogP contribution in [-0.2, 0) is 0 Å². The molecule has 2 aromatic heterocycles. The average Bonchev–Trinajstić information content (AvgIpc) is 3.43. The molecule has 0 saturated heterocycles. The second-order valence-electron chi connectivity index (χ2n) is 9.55. The largest absolute Gasteiger partial charge is 0.491 e. The van der Waals surface area contributed by atoms with Crippen molar-refractivity contribution in [2.45, 2.75) is 20.0 Å². The number of carboxylic acid groups (broad SMARTS) is 1. The molecule has 1 N–H and O–H groups in total. The number of aromatic nitrogens is 5. The molecule has 40 heavy (non-hydrogen) atoms. The first kappa shape index (κ1) is 24.9. The number of carbonyl (C=O) groups is 1. The molecule has 0 spiro atoms. The van der Waals surface area contributed by atoms with Crippen molar-refractivity contribution in [3.05, 3.63) is 109 Å². The Labute approximate surface area is 230 Å². The van der Waals surface area contributed by atoms with Gasteiger partial charge in [0.05, 0.1) is 28.4 Å². The van der Waals surface area contributed by atoms with Gasteiger partial charge in [0.2, 0.25) is 0 Å². The fourth-order valence-corrected chi connectivity index (χ4v) is 4.46. The maximum atomic E-state index is 11.4. The van der Waals surface area contributed by atoms with Crippen molar-refractivity contribution in [2.24, 2.45) is 0 Å². The first-order chi connectivity index (χ1) is 19.4. The summed E-state index contributed by atoms with van der Waals surface area (Å²) in [4.78, 5) is 25.1. The van der Waals surface area contributed by atoms with Gasteiger partial charge in [-0.3, -0.25) is 9.97 Å². The fraction of sp³-hybridized carbons (Fsp3) is 0.0938. The Morgan fingerprint density at radius 3 is 2.00 bits per heavy atom. The van der Waals surface area contributed by atoms with Crippen molar-refractivity contribution in [1.82, 2.24) is 24.7 Å². The molecule has 0 fully saturated rings. The molecule has 0 saturated carbocycles. The molecule has 0 atom stereocenters. The smallest absolute Gasteiger partial charge is 0.335 e. The third kappa shape index (κ3) is 5.02. The molecule has 0 bridgehead atoms. The molecule has 0 aliphatic carbocycles. The minimum absolute atomic E-state index is 0.121. The number of aromatic carboxylic acids is 1. The van der Waals surface area contributed by atoms with Gasteiger partial charge in [-0.15, -0.1) is 5.10 Å².